The Kier molecular flexibility index (Phi) is 3.68. The molecule has 0 bridgehead atoms. The number of carbonyl (C=O) groups excluding carboxylic acids is 1. The number of rotatable bonds is 4. The summed E-state index contributed by atoms with van der Waals surface area (Å²) in [6, 6.07) is 0. The van der Waals surface area contributed by atoms with Crippen molar-refractivity contribution in [2.45, 2.75) is 19.4 Å². The second-order valence-electron chi connectivity index (χ2n) is 3.50. The molecule has 6 nitrogen and oxygen atoms in total. The van der Waals surface area contributed by atoms with Crippen molar-refractivity contribution in [2.24, 2.45) is 7.05 Å². The van der Waals surface area contributed by atoms with Gasteiger partial charge in [0.25, 0.3) is 5.91 Å². The predicted octanol–water partition coefficient (Wildman–Crippen LogP) is -0.497. The summed E-state index contributed by atoms with van der Waals surface area (Å²) in [5.41, 5.74) is 6.16. The minimum atomic E-state index is -0.425. The maximum Gasteiger partial charge on any atom is 0.273 e. The van der Waals surface area contributed by atoms with Crippen LogP contribution in [0.3, 0.4) is 0 Å². The molecule has 1 amide bonds. The van der Waals surface area contributed by atoms with E-state index in [-0.39, 0.29) is 11.6 Å². The zero-order valence-corrected chi connectivity index (χ0v) is 8.90. The summed E-state index contributed by atoms with van der Waals surface area (Å²) < 4.78 is 1.49. The van der Waals surface area contributed by atoms with Crippen LogP contribution in [0.25, 0.3) is 0 Å². The highest BCUT2D eigenvalue weighted by Gasteiger charge is 2.13. The molecule has 1 atom stereocenters. The van der Waals surface area contributed by atoms with Gasteiger partial charge in [-0.1, -0.05) is 0 Å². The molecule has 0 fully saturated rings. The van der Waals surface area contributed by atoms with Gasteiger partial charge in [-0.15, -0.1) is 0 Å². The van der Waals surface area contributed by atoms with Gasteiger partial charge in [0, 0.05) is 19.8 Å². The van der Waals surface area contributed by atoms with Gasteiger partial charge in [-0.2, -0.15) is 5.10 Å². The van der Waals surface area contributed by atoms with Crippen LogP contribution in [0.1, 0.15) is 23.8 Å². The Morgan fingerprint density at radius 1 is 1.80 bits per heavy atom. The van der Waals surface area contributed by atoms with Gasteiger partial charge < -0.3 is 16.2 Å². The van der Waals surface area contributed by atoms with E-state index in [0.29, 0.717) is 18.7 Å². The molecular formula is C9H16N4O2. The van der Waals surface area contributed by atoms with E-state index in [1.165, 1.54) is 4.68 Å². The first kappa shape index (κ1) is 11.5. The second kappa shape index (κ2) is 4.79. The standard InChI is InChI=1S/C9H16N4O2/c1-6(14)3-4-11-9(15)8-7(10)5-13(2)12-8/h5-6,14H,3-4,10H2,1-2H3,(H,11,15). The lowest BCUT2D eigenvalue weighted by Gasteiger charge is -2.05. The highest BCUT2D eigenvalue weighted by molar-refractivity contribution is 5.96. The Labute approximate surface area is 88.1 Å². The van der Waals surface area contributed by atoms with E-state index >= 15 is 0 Å². The van der Waals surface area contributed by atoms with E-state index in [4.69, 9.17) is 10.8 Å². The molecule has 0 aromatic carbocycles. The number of aliphatic hydroxyl groups excluding tert-OH is 1. The largest absolute Gasteiger partial charge is 0.396 e. The Balaban J connectivity index is 2.50. The van der Waals surface area contributed by atoms with Crippen LogP contribution in [0.4, 0.5) is 5.69 Å². The molecule has 15 heavy (non-hydrogen) atoms. The number of nitrogens with two attached hydrogens (primary N) is 1. The Bertz CT molecular complexity index is 346. The van der Waals surface area contributed by atoms with Crippen molar-refractivity contribution >= 4 is 11.6 Å². The van der Waals surface area contributed by atoms with Crippen molar-refractivity contribution in [1.82, 2.24) is 15.1 Å². The van der Waals surface area contributed by atoms with E-state index in [1.807, 2.05) is 0 Å². The maximum atomic E-state index is 11.5. The van der Waals surface area contributed by atoms with Gasteiger partial charge >= 0.3 is 0 Å². The monoisotopic (exact) mass is 212 g/mol. The van der Waals surface area contributed by atoms with Gasteiger partial charge in [-0.05, 0) is 13.3 Å². The van der Waals surface area contributed by atoms with Crippen LogP contribution in [0, 0.1) is 0 Å². The minimum Gasteiger partial charge on any atom is -0.396 e. The van der Waals surface area contributed by atoms with E-state index in [2.05, 4.69) is 10.4 Å². The molecule has 1 unspecified atom stereocenters. The number of anilines is 1. The summed E-state index contributed by atoms with van der Waals surface area (Å²) in [6.07, 6.45) is 1.66. The lowest BCUT2D eigenvalue weighted by molar-refractivity contribution is 0.0941. The van der Waals surface area contributed by atoms with Gasteiger partial charge in [-0.3, -0.25) is 9.48 Å². The summed E-state index contributed by atoms with van der Waals surface area (Å²) in [5, 5.41) is 15.6. The molecule has 0 radical (unpaired) electrons. The number of hydrogen-bond donors (Lipinski definition) is 3. The van der Waals surface area contributed by atoms with Gasteiger partial charge in [0.15, 0.2) is 5.69 Å². The van der Waals surface area contributed by atoms with Crippen LogP contribution in [0.15, 0.2) is 6.20 Å². The zero-order chi connectivity index (χ0) is 11.4. The van der Waals surface area contributed by atoms with Crippen LogP contribution in [0.2, 0.25) is 0 Å². The van der Waals surface area contributed by atoms with Crippen molar-refractivity contribution < 1.29 is 9.90 Å². The van der Waals surface area contributed by atoms with Gasteiger partial charge in [0.1, 0.15) is 0 Å². The van der Waals surface area contributed by atoms with Crippen LogP contribution < -0.4 is 11.1 Å². The summed E-state index contributed by atoms with van der Waals surface area (Å²) in [4.78, 5) is 11.5. The van der Waals surface area contributed by atoms with Crippen LogP contribution in [-0.4, -0.2) is 33.4 Å². The molecule has 0 aliphatic heterocycles. The molecule has 0 aliphatic carbocycles. The van der Waals surface area contributed by atoms with E-state index in [9.17, 15) is 4.79 Å². The molecule has 6 heteroatoms. The first-order valence-corrected chi connectivity index (χ1v) is 4.76. The summed E-state index contributed by atoms with van der Waals surface area (Å²) >= 11 is 0. The molecule has 1 aromatic heterocycles. The molecule has 4 N–H and O–H groups in total. The number of aromatic nitrogens is 2. The first-order chi connectivity index (χ1) is 7.00. The fourth-order valence-electron chi connectivity index (χ4n) is 1.16. The Morgan fingerprint density at radius 3 is 2.93 bits per heavy atom. The molecule has 1 rings (SSSR count). The second-order valence-corrected chi connectivity index (χ2v) is 3.50. The third-order valence-corrected chi connectivity index (χ3v) is 1.92. The van der Waals surface area contributed by atoms with Crippen LogP contribution >= 0.6 is 0 Å². The van der Waals surface area contributed by atoms with E-state index < -0.39 is 6.10 Å². The van der Waals surface area contributed by atoms with Crippen molar-refractivity contribution in [3.8, 4) is 0 Å². The Hall–Kier alpha value is -1.56. The number of aliphatic hydroxyl groups is 1. The Morgan fingerprint density at radius 2 is 2.47 bits per heavy atom. The molecule has 0 aliphatic rings. The third kappa shape index (κ3) is 3.25. The van der Waals surface area contributed by atoms with Crippen molar-refractivity contribution in [1.29, 1.82) is 0 Å². The summed E-state index contributed by atoms with van der Waals surface area (Å²) in [5.74, 6) is -0.311. The lowest BCUT2D eigenvalue weighted by atomic mass is 10.3. The van der Waals surface area contributed by atoms with Crippen LogP contribution in [0.5, 0.6) is 0 Å². The summed E-state index contributed by atoms with van der Waals surface area (Å²) in [7, 11) is 1.70. The number of aryl methyl sites for hydroxylation is 1. The third-order valence-electron chi connectivity index (χ3n) is 1.92. The lowest BCUT2D eigenvalue weighted by Crippen LogP contribution is -2.27. The fourth-order valence-corrected chi connectivity index (χ4v) is 1.16. The molecule has 0 spiro atoms. The molecule has 0 saturated carbocycles. The number of nitrogen functional groups attached to an aromatic ring is 1. The normalized spacial score (nSPS) is 12.5. The van der Waals surface area contributed by atoms with Gasteiger partial charge in [0.2, 0.25) is 0 Å². The average molecular weight is 212 g/mol. The molecule has 84 valence electrons. The van der Waals surface area contributed by atoms with E-state index in [1.54, 1.807) is 20.2 Å². The molecular weight excluding hydrogens is 196 g/mol. The van der Waals surface area contributed by atoms with Crippen molar-refractivity contribution in [3.05, 3.63) is 11.9 Å². The van der Waals surface area contributed by atoms with Gasteiger partial charge in [-0.25, -0.2) is 0 Å². The number of nitrogens with zero attached hydrogens (tertiary/aromatic N) is 2. The van der Waals surface area contributed by atoms with Crippen molar-refractivity contribution in [3.63, 3.8) is 0 Å². The predicted molar refractivity (Wildman–Crippen MR) is 56.3 cm³/mol. The number of carbonyl (C=O) groups is 1. The highest BCUT2D eigenvalue weighted by Crippen LogP contribution is 2.07. The van der Waals surface area contributed by atoms with E-state index in [0.717, 1.165) is 0 Å². The topological polar surface area (TPSA) is 93.2 Å². The van der Waals surface area contributed by atoms with Crippen molar-refractivity contribution in [2.75, 3.05) is 12.3 Å². The molecule has 0 saturated heterocycles. The average Bonchev–Trinajstić information content (AvgIpc) is 2.44. The SMILES string of the molecule is CC(O)CCNC(=O)c1nn(C)cc1N. The number of nitrogens with one attached hydrogen (secondary N) is 1. The molecule has 1 aromatic rings. The fraction of sp³-hybridized carbons (Fsp3) is 0.556. The molecule has 1 heterocycles. The van der Waals surface area contributed by atoms with Gasteiger partial charge in [0.05, 0.1) is 11.8 Å². The number of hydrogen-bond acceptors (Lipinski definition) is 4. The zero-order valence-electron chi connectivity index (χ0n) is 8.90. The number of amides is 1. The maximum absolute atomic E-state index is 11.5. The quantitative estimate of drug-likeness (QED) is 0.627. The first-order valence-electron chi connectivity index (χ1n) is 4.76. The smallest absolute Gasteiger partial charge is 0.273 e. The summed E-state index contributed by atoms with van der Waals surface area (Å²) in [6.45, 7) is 2.08. The van der Waals surface area contributed by atoms with Crippen LogP contribution in [-0.2, 0) is 7.05 Å². The highest BCUT2D eigenvalue weighted by atomic mass is 16.3. The minimum absolute atomic E-state index is 0.225.